The van der Waals surface area contributed by atoms with Gasteiger partial charge >= 0.3 is 0 Å². The van der Waals surface area contributed by atoms with Crippen LogP contribution in [0.15, 0.2) is 60.0 Å². The first kappa shape index (κ1) is 27.2. The van der Waals surface area contributed by atoms with Gasteiger partial charge in [0.25, 0.3) is 9.70 Å². The molecule has 1 aliphatic heterocycles. The number of halogens is 3. The number of aryl methyl sites for hydroxylation is 1. The highest BCUT2D eigenvalue weighted by Gasteiger charge is 2.39. The van der Waals surface area contributed by atoms with Gasteiger partial charge in [0.05, 0.1) is 18.8 Å². The number of ether oxygens (including phenoxy) is 2. The second-order valence-corrected chi connectivity index (χ2v) is 11.7. The van der Waals surface area contributed by atoms with Crippen LogP contribution in [0.3, 0.4) is 0 Å². The Balaban J connectivity index is 1.59. The number of carbonyl (C=O) groups excluding carboxylic acids is 1. The van der Waals surface area contributed by atoms with Gasteiger partial charge in [0.2, 0.25) is 0 Å². The number of hydrogen-bond donors (Lipinski definition) is 2. The van der Waals surface area contributed by atoms with Gasteiger partial charge in [0, 0.05) is 30.0 Å². The van der Waals surface area contributed by atoms with E-state index in [1.165, 1.54) is 0 Å². The van der Waals surface area contributed by atoms with Crippen molar-refractivity contribution in [1.82, 2.24) is 14.8 Å². The number of thioether (sulfide) groups is 1. The highest BCUT2D eigenvalue weighted by atomic mass is 35.6. The van der Waals surface area contributed by atoms with Gasteiger partial charge in [-0.25, -0.2) is 0 Å². The lowest BCUT2D eigenvalue weighted by molar-refractivity contribution is -0.268. The summed E-state index contributed by atoms with van der Waals surface area (Å²) in [6.45, 7) is 2.05. The number of amides is 1. The van der Waals surface area contributed by atoms with Gasteiger partial charge in [-0.15, -0.1) is 10.2 Å². The predicted molar refractivity (Wildman–Crippen MR) is 140 cm³/mol. The Hall–Kier alpha value is -1.85. The second-order valence-electron chi connectivity index (χ2n) is 8.43. The first-order valence-electron chi connectivity index (χ1n) is 11.1. The van der Waals surface area contributed by atoms with Crippen molar-refractivity contribution in [3.05, 3.63) is 71.5 Å². The lowest BCUT2D eigenvalue weighted by atomic mass is 9.91. The van der Waals surface area contributed by atoms with Crippen LogP contribution in [0.5, 0.6) is 0 Å². The van der Waals surface area contributed by atoms with Crippen LogP contribution in [0.1, 0.15) is 36.0 Å². The number of rotatable bonds is 7. The van der Waals surface area contributed by atoms with E-state index >= 15 is 0 Å². The molecule has 0 aliphatic carbocycles. The summed E-state index contributed by atoms with van der Waals surface area (Å²) in [7, 11) is 1.89. The third-order valence-electron chi connectivity index (χ3n) is 5.84. The molecule has 0 spiro atoms. The maximum Gasteiger partial charge on any atom is 0.276 e. The fourth-order valence-electron chi connectivity index (χ4n) is 3.83. The van der Waals surface area contributed by atoms with Gasteiger partial charge in [0.15, 0.2) is 11.4 Å². The van der Waals surface area contributed by atoms with Crippen LogP contribution in [0.4, 0.5) is 5.69 Å². The maximum absolute atomic E-state index is 12.1. The van der Waals surface area contributed by atoms with Crippen molar-refractivity contribution in [3.63, 3.8) is 0 Å². The Labute approximate surface area is 228 Å². The third-order valence-corrected chi connectivity index (χ3v) is 7.48. The van der Waals surface area contributed by atoms with E-state index < -0.39 is 16.0 Å². The molecule has 2 aromatic carbocycles. The monoisotopic (exact) mass is 570 g/mol. The van der Waals surface area contributed by atoms with Gasteiger partial charge in [-0.2, -0.15) is 0 Å². The standard InChI is InChI=1S/C24H25Cl3N4O4S/c1-14-19(12-36-23-30-28-13-31(23)2)34-21(35-20(14)16-8-6-15(11-32)7-9-16)17-4-3-5-18(10-17)29-22(33)24(25,26)27/h3-10,13-14,19-21,32H,11-12H2,1-2H3,(H,29,33)/t14-,19+,20+,21+/m0/s1. The Morgan fingerprint density at radius 3 is 2.56 bits per heavy atom. The topological polar surface area (TPSA) is 98.5 Å². The lowest BCUT2D eigenvalue weighted by Crippen LogP contribution is -2.38. The number of anilines is 1. The first-order valence-corrected chi connectivity index (χ1v) is 13.2. The van der Waals surface area contributed by atoms with Crippen molar-refractivity contribution in [2.75, 3.05) is 11.1 Å². The summed E-state index contributed by atoms with van der Waals surface area (Å²) in [5, 5.41) is 20.9. The normalized spacial score (nSPS) is 22.4. The van der Waals surface area contributed by atoms with Crippen LogP contribution in [-0.2, 0) is 27.9 Å². The Morgan fingerprint density at radius 1 is 1.17 bits per heavy atom. The van der Waals surface area contributed by atoms with E-state index in [-0.39, 0.29) is 24.7 Å². The van der Waals surface area contributed by atoms with E-state index in [2.05, 4.69) is 22.4 Å². The van der Waals surface area contributed by atoms with Crippen molar-refractivity contribution >= 4 is 58.2 Å². The molecule has 4 rings (SSSR count). The minimum Gasteiger partial charge on any atom is -0.392 e. The summed E-state index contributed by atoms with van der Waals surface area (Å²) < 4.78 is 12.6. The zero-order valence-corrected chi connectivity index (χ0v) is 22.6. The average molecular weight is 572 g/mol. The number of aromatic nitrogens is 3. The van der Waals surface area contributed by atoms with Crippen molar-refractivity contribution < 1.29 is 19.4 Å². The predicted octanol–water partition coefficient (Wildman–Crippen LogP) is 5.20. The van der Waals surface area contributed by atoms with E-state index in [0.717, 1.165) is 16.3 Å². The van der Waals surface area contributed by atoms with E-state index in [9.17, 15) is 9.90 Å². The van der Waals surface area contributed by atoms with Crippen LogP contribution in [0.2, 0.25) is 0 Å². The molecular weight excluding hydrogens is 547 g/mol. The summed E-state index contributed by atoms with van der Waals surface area (Å²) in [4.78, 5) is 12.1. The molecule has 1 aliphatic rings. The largest absolute Gasteiger partial charge is 0.392 e. The number of nitrogens with one attached hydrogen (secondary N) is 1. The summed E-state index contributed by atoms with van der Waals surface area (Å²) in [5.41, 5.74) is 2.95. The fraction of sp³-hybridized carbons (Fsp3) is 0.375. The minimum absolute atomic E-state index is 0.00852. The van der Waals surface area contributed by atoms with Crippen molar-refractivity contribution in [3.8, 4) is 0 Å². The van der Waals surface area contributed by atoms with Crippen LogP contribution in [-0.4, -0.2) is 41.4 Å². The summed E-state index contributed by atoms with van der Waals surface area (Å²) in [6.07, 6.45) is 0.480. The molecule has 3 aromatic rings. The first-order chi connectivity index (χ1) is 17.2. The average Bonchev–Trinajstić information content (AvgIpc) is 3.27. The smallest absolute Gasteiger partial charge is 0.276 e. The lowest BCUT2D eigenvalue weighted by Gasteiger charge is -2.41. The zero-order valence-electron chi connectivity index (χ0n) is 19.5. The molecular formula is C24H25Cl3N4O4S. The van der Waals surface area contributed by atoms with Gasteiger partial charge in [-0.05, 0) is 23.3 Å². The molecule has 0 saturated carbocycles. The van der Waals surface area contributed by atoms with Crippen molar-refractivity contribution in [2.45, 2.75) is 41.0 Å². The van der Waals surface area contributed by atoms with Gasteiger partial charge in [-0.1, -0.05) is 89.9 Å². The maximum atomic E-state index is 12.1. The van der Waals surface area contributed by atoms with Gasteiger partial charge in [-0.3, -0.25) is 4.79 Å². The minimum atomic E-state index is -2.09. The number of aliphatic hydroxyl groups is 1. The molecule has 0 unspecified atom stereocenters. The summed E-state index contributed by atoms with van der Waals surface area (Å²) >= 11 is 18.6. The highest BCUT2D eigenvalue weighted by molar-refractivity contribution is 7.99. The number of hydrogen-bond acceptors (Lipinski definition) is 7. The molecule has 0 radical (unpaired) electrons. The number of alkyl halides is 3. The SMILES string of the molecule is C[C@H]1[C@@H](CSc2nncn2C)O[C@@H](c2cccc(NC(=O)C(Cl)(Cl)Cl)c2)O[C@H]1c1ccc(CO)cc1. The number of aliphatic hydroxyl groups excluding tert-OH is 1. The quantitative estimate of drug-likeness (QED) is 0.297. The van der Waals surface area contributed by atoms with Crippen molar-refractivity contribution in [2.24, 2.45) is 13.0 Å². The molecule has 1 saturated heterocycles. The van der Waals surface area contributed by atoms with E-state index in [1.54, 1.807) is 36.3 Å². The molecule has 12 heteroatoms. The summed E-state index contributed by atoms with van der Waals surface area (Å²) in [6, 6.07) is 14.7. The summed E-state index contributed by atoms with van der Waals surface area (Å²) in [5.74, 6) is -0.125. The molecule has 4 atom stereocenters. The van der Waals surface area contributed by atoms with Crippen LogP contribution >= 0.6 is 46.6 Å². The number of nitrogens with zero attached hydrogens (tertiary/aromatic N) is 3. The highest BCUT2D eigenvalue weighted by Crippen LogP contribution is 2.43. The second kappa shape index (κ2) is 11.7. The molecule has 192 valence electrons. The third kappa shape index (κ3) is 6.52. The van der Waals surface area contributed by atoms with Crippen LogP contribution in [0.25, 0.3) is 0 Å². The van der Waals surface area contributed by atoms with Gasteiger partial charge in [0.1, 0.15) is 6.33 Å². The Bertz CT molecular complexity index is 1190. The molecule has 8 nitrogen and oxygen atoms in total. The van der Waals surface area contributed by atoms with Gasteiger partial charge < -0.3 is 24.5 Å². The molecule has 2 heterocycles. The molecule has 1 amide bonds. The van der Waals surface area contributed by atoms with Crippen LogP contribution < -0.4 is 5.32 Å². The molecule has 1 aromatic heterocycles. The van der Waals surface area contributed by atoms with Crippen molar-refractivity contribution in [1.29, 1.82) is 0 Å². The van der Waals surface area contributed by atoms with E-state index in [1.807, 2.05) is 41.9 Å². The fourth-order valence-corrected chi connectivity index (χ4v) is 5.03. The van der Waals surface area contributed by atoms with E-state index in [0.29, 0.717) is 17.0 Å². The Kier molecular flexibility index (Phi) is 8.83. The zero-order chi connectivity index (χ0) is 25.9. The molecule has 1 fully saturated rings. The number of carbonyl (C=O) groups is 1. The Morgan fingerprint density at radius 2 is 1.92 bits per heavy atom. The van der Waals surface area contributed by atoms with Crippen LogP contribution in [0, 0.1) is 5.92 Å². The molecule has 0 bridgehead atoms. The molecule has 36 heavy (non-hydrogen) atoms. The molecule has 2 N–H and O–H groups in total. The number of benzene rings is 2. The van der Waals surface area contributed by atoms with E-state index in [4.69, 9.17) is 44.3 Å².